The van der Waals surface area contributed by atoms with Crippen LogP contribution in [-0.2, 0) is 9.53 Å². The molecule has 1 fully saturated rings. The molecule has 2 aliphatic heterocycles. The minimum absolute atomic E-state index is 0.165. The number of hydrogen-bond acceptors (Lipinski definition) is 4. The van der Waals surface area contributed by atoms with E-state index in [1.54, 1.807) is 20.2 Å². The summed E-state index contributed by atoms with van der Waals surface area (Å²) in [6, 6.07) is -1.49. The third-order valence-corrected chi connectivity index (χ3v) is 4.06. The number of amides is 5. The topological polar surface area (TPSA) is 99.8 Å². The maximum Gasteiger partial charge on any atom is 0.322 e. The Labute approximate surface area is 145 Å². The lowest BCUT2D eigenvalue weighted by atomic mass is 10.0. The summed E-state index contributed by atoms with van der Waals surface area (Å²) in [6.07, 6.45) is 8.44. The van der Waals surface area contributed by atoms with Crippen molar-refractivity contribution in [1.82, 2.24) is 20.9 Å². The number of carbonyl (C=O) groups excluding carboxylic acids is 3. The molecule has 8 nitrogen and oxygen atoms in total. The third kappa shape index (κ3) is 3.73. The van der Waals surface area contributed by atoms with Crippen LogP contribution in [0.4, 0.5) is 9.59 Å². The first-order chi connectivity index (χ1) is 11.9. The quantitative estimate of drug-likeness (QED) is 0.652. The Kier molecular flexibility index (Phi) is 4.60. The van der Waals surface area contributed by atoms with Crippen molar-refractivity contribution in [3.63, 3.8) is 0 Å². The molecule has 8 heteroatoms. The van der Waals surface area contributed by atoms with Crippen LogP contribution in [0.15, 0.2) is 46.8 Å². The Hall–Kier alpha value is -3.03. The van der Waals surface area contributed by atoms with Gasteiger partial charge in [-0.3, -0.25) is 10.1 Å². The maximum atomic E-state index is 11.8. The SMILES string of the molecule is CN(C)C(=O)NCC1=CC2=C(CC=C1)COC(C1NC(=O)NC1=O)=C2. The van der Waals surface area contributed by atoms with E-state index in [1.807, 2.05) is 18.2 Å². The highest BCUT2D eigenvalue weighted by Gasteiger charge is 2.35. The first-order valence-electron chi connectivity index (χ1n) is 7.94. The molecule has 5 amide bonds. The summed E-state index contributed by atoms with van der Waals surface area (Å²) in [4.78, 5) is 36.3. The molecule has 25 heavy (non-hydrogen) atoms. The van der Waals surface area contributed by atoms with Crippen molar-refractivity contribution in [1.29, 1.82) is 0 Å². The van der Waals surface area contributed by atoms with Crippen LogP contribution in [0.1, 0.15) is 6.42 Å². The second-order valence-corrected chi connectivity index (χ2v) is 6.17. The van der Waals surface area contributed by atoms with Crippen LogP contribution in [0.5, 0.6) is 0 Å². The molecule has 3 N–H and O–H groups in total. The fourth-order valence-electron chi connectivity index (χ4n) is 2.70. The monoisotopic (exact) mass is 344 g/mol. The van der Waals surface area contributed by atoms with Crippen molar-refractivity contribution in [2.24, 2.45) is 0 Å². The van der Waals surface area contributed by atoms with Gasteiger partial charge in [0.1, 0.15) is 12.4 Å². The number of ether oxygens (including phenoxy) is 1. The highest BCUT2D eigenvalue weighted by molar-refractivity contribution is 6.05. The van der Waals surface area contributed by atoms with Gasteiger partial charge >= 0.3 is 12.1 Å². The Morgan fingerprint density at radius 2 is 2.16 bits per heavy atom. The second-order valence-electron chi connectivity index (χ2n) is 6.17. The van der Waals surface area contributed by atoms with E-state index in [-0.39, 0.29) is 6.03 Å². The smallest absolute Gasteiger partial charge is 0.322 e. The number of allylic oxidation sites excluding steroid dienone is 4. The van der Waals surface area contributed by atoms with E-state index in [1.165, 1.54) is 4.90 Å². The van der Waals surface area contributed by atoms with Gasteiger partial charge in [-0.1, -0.05) is 12.2 Å². The molecule has 0 aromatic carbocycles. The lowest BCUT2D eigenvalue weighted by Gasteiger charge is -2.21. The normalized spacial score (nSPS) is 22.1. The van der Waals surface area contributed by atoms with Gasteiger partial charge in [-0.05, 0) is 35.3 Å². The van der Waals surface area contributed by atoms with Gasteiger partial charge in [0.25, 0.3) is 5.91 Å². The predicted octanol–water partition coefficient (Wildman–Crippen LogP) is 0.563. The van der Waals surface area contributed by atoms with Gasteiger partial charge in [0, 0.05) is 20.6 Å². The van der Waals surface area contributed by atoms with Crippen LogP contribution in [-0.4, -0.2) is 56.2 Å². The van der Waals surface area contributed by atoms with Gasteiger partial charge in [-0.25, -0.2) is 9.59 Å². The Balaban J connectivity index is 1.78. The number of nitrogens with one attached hydrogen (secondary N) is 3. The number of rotatable bonds is 3. The Morgan fingerprint density at radius 3 is 2.84 bits per heavy atom. The van der Waals surface area contributed by atoms with Crippen molar-refractivity contribution >= 4 is 18.0 Å². The molecule has 1 saturated heterocycles. The number of carbonyl (C=O) groups is 3. The zero-order chi connectivity index (χ0) is 18.0. The molecular weight excluding hydrogens is 324 g/mol. The zero-order valence-corrected chi connectivity index (χ0v) is 14.1. The standard InChI is InChI=1S/C17H20N4O4/c1-21(2)17(24)18-8-10-4-3-5-11-9-25-13(7-12(11)6-10)14-15(22)20-16(23)19-14/h3-4,6-7,14H,5,8-9H2,1-2H3,(H,18,24)(H2,19,20,22,23). The second kappa shape index (κ2) is 6.84. The molecule has 0 spiro atoms. The lowest BCUT2D eigenvalue weighted by Crippen LogP contribution is -2.35. The van der Waals surface area contributed by atoms with Crippen molar-refractivity contribution < 1.29 is 19.1 Å². The molecule has 2 heterocycles. The van der Waals surface area contributed by atoms with Crippen LogP contribution in [0, 0.1) is 0 Å². The molecule has 0 bridgehead atoms. The summed E-state index contributed by atoms with van der Waals surface area (Å²) in [5, 5.41) is 7.55. The molecule has 0 aromatic rings. The van der Waals surface area contributed by atoms with Crippen molar-refractivity contribution in [3.8, 4) is 0 Å². The third-order valence-electron chi connectivity index (χ3n) is 4.06. The maximum absolute atomic E-state index is 11.8. The fraction of sp³-hybridized carbons (Fsp3) is 0.353. The summed E-state index contributed by atoms with van der Waals surface area (Å²) < 4.78 is 5.66. The lowest BCUT2D eigenvalue weighted by molar-refractivity contribution is -0.120. The number of nitrogens with zero attached hydrogens (tertiary/aromatic N) is 1. The Bertz CT molecular complexity index is 746. The van der Waals surface area contributed by atoms with E-state index in [4.69, 9.17) is 4.74 Å². The molecular formula is C17H20N4O4. The molecule has 3 rings (SSSR count). The highest BCUT2D eigenvalue weighted by atomic mass is 16.5. The van der Waals surface area contributed by atoms with Crippen LogP contribution in [0.2, 0.25) is 0 Å². The van der Waals surface area contributed by atoms with Crippen LogP contribution in [0.3, 0.4) is 0 Å². The van der Waals surface area contributed by atoms with Crippen molar-refractivity contribution in [2.75, 3.05) is 27.2 Å². The molecule has 132 valence electrons. The molecule has 3 aliphatic rings. The summed E-state index contributed by atoms with van der Waals surface area (Å²) in [5.41, 5.74) is 2.96. The van der Waals surface area contributed by atoms with Gasteiger partial charge < -0.3 is 20.3 Å². The number of hydrogen-bond donors (Lipinski definition) is 3. The van der Waals surface area contributed by atoms with Crippen LogP contribution >= 0.6 is 0 Å². The Morgan fingerprint density at radius 1 is 1.36 bits per heavy atom. The first-order valence-corrected chi connectivity index (χ1v) is 7.94. The summed E-state index contributed by atoms with van der Waals surface area (Å²) in [5.74, 6) is -0.00794. The number of imide groups is 1. The molecule has 1 atom stereocenters. The van der Waals surface area contributed by atoms with E-state index >= 15 is 0 Å². The predicted molar refractivity (Wildman–Crippen MR) is 90.4 cm³/mol. The average molecular weight is 344 g/mol. The molecule has 1 unspecified atom stereocenters. The van der Waals surface area contributed by atoms with Gasteiger partial charge in [-0.15, -0.1) is 0 Å². The van der Waals surface area contributed by atoms with Crippen LogP contribution < -0.4 is 16.0 Å². The minimum Gasteiger partial charge on any atom is -0.491 e. The summed E-state index contributed by atoms with van der Waals surface area (Å²) in [6.45, 7) is 0.758. The summed E-state index contributed by atoms with van der Waals surface area (Å²) in [7, 11) is 3.36. The van der Waals surface area contributed by atoms with Gasteiger partial charge in [-0.2, -0.15) is 0 Å². The average Bonchev–Trinajstić information content (AvgIpc) is 2.79. The number of urea groups is 2. The summed E-state index contributed by atoms with van der Waals surface area (Å²) >= 11 is 0. The van der Waals surface area contributed by atoms with Crippen LogP contribution in [0.25, 0.3) is 0 Å². The molecule has 1 aliphatic carbocycles. The molecule has 0 radical (unpaired) electrons. The van der Waals surface area contributed by atoms with E-state index < -0.39 is 18.0 Å². The van der Waals surface area contributed by atoms with E-state index in [9.17, 15) is 14.4 Å². The van der Waals surface area contributed by atoms with Crippen molar-refractivity contribution in [3.05, 3.63) is 46.8 Å². The van der Waals surface area contributed by atoms with Gasteiger partial charge in [0.05, 0.1) is 0 Å². The first kappa shape index (κ1) is 16.8. The highest BCUT2D eigenvalue weighted by Crippen LogP contribution is 2.27. The minimum atomic E-state index is -0.803. The van der Waals surface area contributed by atoms with E-state index in [2.05, 4.69) is 16.0 Å². The molecule has 0 aromatic heterocycles. The van der Waals surface area contributed by atoms with Crippen molar-refractivity contribution in [2.45, 2.75) is 12.5 Å². The van der Waals surface area contributed by atoms with Gasteiger partial charge in [0.2, 0.25) is 0 Å². The molecule has 0 saturated carbocycles. The van der Waals surface area contributed by atoms with E-state index in [0.29, 0.717) is 18.9 Å². The fourth-order valence-corrected chi connectivity index (χ4v) is 2.70. The largest absolute Gasteiger partial charge is 0.491 e. The zero-order valence-electron chi connectivity index (χ0n) is 14.1. The van der Waals surface area contributed by atoms with Gasteiger partial charge in [0.15, 0.2) is 6.04 Å². The van der Waals surface area contributed by atoms with E-state index in [0.717, 1.165) is 23.1 Å².